The molecule has 54 heavy (non-hydrogen) atoms. The number of nitrogen functional groups attached to an aromatic ring is 1. The first-order valence-corrected chi connectivity index (χ1v) is 18.1. The molecule has 2 saturated heterocycles. The third kappa shape index (κ3) is 7.54. The van der Waals surface area contributed by atoms with Crippen molar-refractivity contribution in [1.29, 1.82) is 0 Å². The first kappa shape index (κ1) is 36.0. The summed E-state index contributed by atoms with van der Waals surface area (Å²) in [6.45, 7) is 0.302. The number of terminal acetylenes is 1. The molecule has 0 unspecified atom stereocenters. The van der Waals surface area contributed by atoms with Crippen LogP contribution in [0.5, 0.6) is 5.75 Å². The molecule has 2 aliphatic heterocycles. The van der Waals surface area contributed by atoms with Crippen molar-refractivity contribution < 1.29 is 23.9 Å². The highest BCUT2D eigenvalue weighted by Crippen LogP contribution is 2.32. The number of piperazine rings is 1. The van der Waals surface area contributed by atoms with E-state index in [2.05, 4.69) is 21.5 Å². The molecule has 0 spiro atoms. The van der Waals surface area contributed by atoms with Gasteiger partial charge in [-0.1, -0.05) is 71.9 Å². The molecule has 4 N–H and O–H groups in total. The van der Waals surface area contributed by atoms with Gasteiger partial charge in [-0.3, -0.25) is 14.4 Å². The fraction of sp³-hybridized carbons (Fsp3) is 0.225. The largest absolute Gasteiger partial charge is 0.497 e. The van der Waals surface area contributed by atoms with E-state index in [1.54, 1.807) is 70.4 Å². The van der Waals surface area contributed by atoms with E-state index in [9.17, 15) is 19.2 Å². The molecule has 5 aromatic rings. The number of hydrogen-bond acceptors (Lipinski definition) is 9. The lowest BCUT2D eigenvalue weighted by molar-refractivity contribution is -0.157. The Morgan fingerprint density at radius 1 is 1.00 bits per heavy atom. The van der Waals surface area contributed by atoms with E-state index >= 15 is 0 Å². The Labute approximate surface area is 316 Å². The van der Waals surface area contributed by atoms with Gasteiger partial charge in [0.15, 0.2) is 5.13 Å². The minimum Gasteiger partial charge on any atom is -0.497 e. The van der Waals surface area contributed by atoms with Crippen LogP contribution in [0.25, 0.3) is 10.2 Å². The number of thiazole rings is 1. The van der Waals surface area contributed by atoms with Crippen molar-refractivity contribution in [2.45, 2.75) is 31.7 Å². The maximum absolute atomic E-state index is 14.5. The number of methoxy groups -OCH3 is 1. The van der Waals surface area contributed by atoms with Gasteiger partial charge in [0.1, 0.15) is 18.0 Å². The summed E-state index contributed by atoms with van der Waals surface area (Å²) < 4.78 is 6.14. The summed E-state index contributed by atoms with van der Waals surface area (Å²) in [5.41, 5.74) is 10.3. The van der Waals surface area contributed by atoms with E-state index < -0.39 is 18.2 Å². The molecular formula is C40H38N8O5S. The van der Waals surface area contributed by atoms with Crippen LogP contribution in [0.3, 0.4) is 0 Å². The van der Waals surface area contributed by atoms with Gasteiger partial charge >= 0.3 is 6.03 Å². The Morgan fingerprint density at radius 3 is 2.46 bits per heavy atom. The molecular weight excluding hydrogens is 705 g/mol. The zero-order chi connectivity index (χ0) is 37.8. The molecule has 2 atom stereocenters. The fourth-order valence-corrected chi connectivity index (χ4v) is 7.65. The van der Waals surface area contributed by atoms with E-state index in [4.69, 9.17) is 16.9 Å². The molecule has 2 fully saturated rings. The molecule has 13 nitrogen and oxygen atoms in total. The average molecular weight is 743 g/mol. The quantitative estimate of drug-likeness (QED) is 0.169. The summed E-state index contributed by atoms with van der Waals surface area (Å²) >= 11 is 1.37. The number of carbonyl (C=O) groups is 4. The summed E-state index contributed by atoms with van der Waals surface area (Å²) in [5.74, 6) is 2.47. The van der Waals surface area contributed by atoms with Crippen molar-refractivity contribution in [1.82, 2.24) is 30.1 Å². The number of anilines is 2. The number of amides is 5. The van der Waals surface area contributed by atoms with Gasteiger partial charge in [0.25, 0.3) is 5.91 Å². The third-order valence-corrected chi connectivity index (χ3v) is 10.4. The number of para-hydroxylation sites is 1. The molecule has 0 radical (unpaired) electrons. The van der Waals surface area contributed by atoms with Crippen LogP contribution in [0.4, 0.5) is 15.6 Å². The van der Waals surface area contributed by atoms with Crippen molar-refractivity contribution in [3.63, 3.8) is 0 Å². The number of ether oxygens (including phenoxy) is 1. The van der Waals surface area contributed by atoms with Crippen molar-refractivity contribution in [2.75, 3.05) is 37.8 Å². The fourth-order valence-electron chi connectivity index (χ4n) is 6.86. The number of aromatic nitrogens is 1. The second-order valence-corrected chi connectivity index (χ2v) is 14.0. The van der Waals surface area contributed by atoms with Gasteiger partial charge in [-0.15, -0.1) is 6.42 Å². The van der Waals surface area contributed by atoms with Crippen molar-refractivity contribution in [2.24, 2.45) is 0 Å². The Kier molecular flexibility index (Phi) is 10.4. The van der Waals surface area contributed by atoms with Crippen LogP contribution in [0.1, 0.15) is 27.0 Å². The van der Waals surface area contributed by atoms with Gasteiger partial charge in [0.05, 0.1) is 37.0 Å². The number of nitrogens with one attached hydrogen (secondary N) is 2. The smallest absolute Gasteiger partial charge is 0.333 e. The molecule has 7 rings (SSSR count). The zero-order valence-electron chi connectivity index (χ0n) is 29.5. The van der Waals surface area contributed by atoms with Crippen LogP contribution >= 0.6 is 11.3 Å². The summed E-state index contributed by atoms with van der Waals surface area (Å²) in [7, 11) is 1.58. The minimum absolute atomic E-state index is 0.0990. The maximum atomic E-state index is 14.5. The van der Waals surface area contributed by atoms with Gasteiger partial charge in [0, 0.05) is 30.8 Å². The van der Waals surface area contributed by atoms with Crippen LogP contribution in [0.2, 0.25) is 0 Å². The second-order valence-electron chi connectivity index (χ2n) is 12.9. The van der Waals surface area contributed by atoms with E-state index in [1.165, 1.54) is 16.3 Å². The lowest BCUT2D eigenvalue weighted by Crippen LogP contribution is -2.66. The highest BCUT2D eigenvalue weighted by atomic mass is 32.1. The summed E-state index contributed by atoms with van der Waals surface area (Å²) in [6.07, 6.45) is 5.28. The normalized spacial score (nSPS) is 16.9. The van der Waals surface area contributed by atoms with Crippen LogP contribution in [0.15, 0.2) is 97.1 Å². The van der Waals surface area contributed by atoms with Gasteiger partial charge in [-0.2, -0.15) is 5.01 Å². The van der Waals surface area contributed by atoms with E-state index in [1.807, 2.05) is 48.5 Å². The molecule has 0 aliphatic carbocycles. The second kappa shape index (κ2) is 15.7. The van der Waals surface area contributed by atoms with Gasteiger partial charge in [0.2, 0.25) is 11.8 Å². The van der Waals surface area contributed by atoms with Crippen LogP contribution in [-0.2, 0) is 29.1 Å². The highest BCUT2D eigenvalue weighted by Gasteiger charge is 2.52. The summed E-state index contributed by atoms with van der Waals surface area (Å²) in [6, 6.07) is 27.8. The monoisotopic (exact) mass is 742 g/mol. The Hall–Kier alpha value is -6.43. The number of hydrogen-bond donors (Lipinski definition) is 3. The Balaban J connectivity index is 1.15. The standard InChI is InChI=1S/C40H38N8O5S/c1-3-20-46(40(52)42-22-27-14-18-31(53-2)19-15-27)47-25-35(49)48-32(21-26-12-16-30(17-13-26)43-37(50)28-8-5-4-6-9-28)38(51)45(24-34(47)48)23-29-10-7-11-33-36(29)44-39(41)54-33/h1,4-19,32,34H,20-25H2,2H3,(H2,41,44)(H,42,52)(H,43,50)/t32-,34+/m0/s1. The molecule has 274 valence electrons. The third-order valence-electron chi connectivity index (χ3n) is 9.51. The molecule has 14 heteroatoms. The number of carbonyl (C=O) groups excluding carboxylic acids is 4. The minimum atomic E-state index is -0.888. The van der Waals surface area contributed by atoms with E-state index in [0.717, 1.165) is 21.4 Å². The van der Waals surface area contributed by atoms with Gasteiger partial charge in [-0.25, -0.2) is 14.8 Å². The summed E-state index contributed by atoms with van der Waals surface area (Å²) in [4.78, 5) is 62.7. The van der Waals surface area contributed by atoms with Crippen LogP contribution in [-0.4, -0.2) is 87.5 Å². The van der Waals surface area contributed by atoms with Crippen LogP contribution in [0, 0.1) is 12.3 Å². The maximum Gasteiger partial charge on any atom is 0.333 e. The first-order chi connectivity index (χ1) is 26.2. The van der Waals surface area contributed by atoms with Crippen molar-refractivity contribution in [3.8, 4) is 18.1 Å². The first-order valence-electron chi connectivity index (χ1n) is 17.3. The van der Waals surface area contributed by atoms with E-state index in [0.29, 0.717) is 27.6 Å². The number of urea groups is 1. The molecule has 0 saturated carbocycles. The molecule has 0 bridgehead atoms. The Morgan fingerprint density at radius 2 is 1.74 bits per heavy atom. The van der Waals surface area contributed by atoms with Crippen molar-refractivity contribution in [3.05, 3.63) is 119 Å². The number of benzene rings is 4. The van der Waals surface area contributed by atoms with Gasteiger partial charge < -0.3 is 30.9 Å². The summed E-state index contributed by atoms with van der Waals surface area (Å²) in [5, 5.41) is 9.26. The van der Waals surface area contributed by atoms with E-state index in [-0.39, 0.29) is 56.9 Å². The van der Waals surface area contributed by atoms with Crippen LogP contribution < -0.4 is 21.1 Å². The molecule has 3 heterocycles. The predicted octanol–water partition coefficient (Wildman–Crippen LogP) is 4.32. The molecule has 4 aromatic carbocycles. The number of nitrogens with two attached hydrogens (primary N) is 1. The Bertz CT molecular complexity index is 2220. The number of fused-ring (bicyclic) bond motifs is 2. The number of hydrazine groups is 1. The molecule has 1 aromatic heterocycles. The van der Waals surface area contributed by atoms with Gasteiger partial charge in [-0.05, 0) is 59.2 Å². The topological polar surface area (TPSA) is 153 Å². The number of rotatable bonds is 11. The lowest BCUT2D eigenvalue weighted by Gasteiger charge is -2.46. The highest BCUT2D eigenvalue weighted by molar-refractivity contribution is 7.22. The molecule has 2 aliphatic rings. The number of nitrogens with zero attached hydrogens (tertiary/aromatic N) is 5. The lowest BCUT2D eigenvalue weighted by atomic mass is 9.99. The van der Waals surface area contributed by atoms with Crippen molar-refractivity contribution >= 4 is 56.1 Å². The SMILES string of the molecule is C#CCN(C(=O)NCc1ccc(OC)cc1)N1CC(=O)N2[C@@H](Cc3ccc(NC(=O)c4ccccc4)cc3)C(=O)N(Cc3cccc4sc(N)nc34)C[C@@H]21. The zero-order valence-corrected chi connectivity index (χ0v) is 30.3. The average Bonchev–Trinajstić information content (AvgIpc) is 3.74. The molecule has 5 amide bonds. The predicted molar refractivity (Wildman–Crippen MR) is 206 cm³/mol.